The Morgan fingerprint density at radius 2 is 2.04 bits per heavy atom. The van der Waals surface area contributed by atoms with Crippen molar-refractivity contribution in [2.75, 3.05) is 43.9 Å². The number of anilines is 2. The second-order valence-electron chi connectivity index (χ2n) is 6.08. The van der Waals surface area contributed by atoms with Gasteiger partial charge >= 0.3 is 0 Å². The van der Waals surface area contributed by atoms with Gasteiger partial charge in [-0.3, -0.25) is 0 Å². The lowest BCUT2D eigenvalue weighted by molar-refractivity contribution is -0.910. The fraction of sp³-hybridized carbons (Fsp3) is 0.529. The van der Waals surface area contributed by atoms with E-state index in [1.165, 1.54) is 21.8 Å². The minimum Gasteiger partial charge on any atom is -0.386 e. The molecule has 1 fully saturated rings. The molecule has 0 spiro atoms. The molecule has 25 heavy (non-hydrogen) atoms. The van der Waals surface area contributed by atoms with Crippen LogP contribution < -0.4 is 10.2 Å². The first-order valence-corrected chi connectivity index (χ1v) is 10.4. The lowest BCUT2D eigenvalue weighted by Crippen LogP contribution is -3.15. The zero-order chi connectivity index (χ0) is 17.5. The zero-order valence-corrected chi connectivity index (χ0v) is 16.0. The number of benzene rings is 1. The summed E-state index contributed by atoms with van der Waals surface area (Å²) in [4.78, 5) is 1.41. The number of nitrogens with one attached hydrogen (secondary N) is 2. The molecule has 1 saturated heterocycles. The summed E-state index contributed by atoms with van der Waals surface area (Å²) >= 11 is 3.08. The molecular formula is C17H25N4O2S2+. The van der Waals surface area contributed by atoms with Crippen LogP contribution in [0.5, 0.6) is 0 Å². The topological polar surface area (TPSA) is 71.7 Å². The maximum Gasteiger partial charge on any atom is 0.210 e. The van der Waals surface area contributed by atoms with Crippen LogP contribution in [0.1, 0.15) is 12.5 Å². The number of ether oxygens (including phenoxy) is 1. The average Bonchev–Trinajstić information content (AvgIpc) is 3.09. The predicted octanol–water partition coefficient (Wildman–Crippen LogP) is 1.21. The Kier molecular flexibility index (Phi) is 7.06. The Morgan fingerprint density at radius 1 is 1.28 bits per heavy atom. The number of nitrogens with zero attached hydrogens (tertiary/aromatic N) is 2. The molecule has 2 aromatic rings. The van der Waals surface area contributed by atoms with Crippen molar-refractivity contribution in [1.29, 1.82) is 0 Å². The van der Waals surface area contributed by atoms with E-state index in [-0.39, 0.29) is 6.10 Å². The van der Waals surface area contributed by atoms with Crippen LogP contribution in [-0.4, -0.2) is 60.0 Å². The van der Waals surface area contributed by atoms with E-state index in [1.54, 1.807) is 11.8 Å². The summed E-state index contributed by atoms with van der Waals surface area (Å²) in [6.07, 6.45) is 0.703. The predicted molar refractivity (Wildman–Crippen MR) is 102 cm³/mol. The van der Waals surface area contributed by atoms with Crippen LogP contribution in [-0.2, 0) is 11.2 Å². The van der Waals surface area contributed by atoms with Crippen molar-refractivity contribution in [3.05, 3.63) is 29.8 Å². The Morgan fingerprint density at radius 3 is 2.76 bits per heavy atom. The molecular weight excluding hydrogens is 356 g/mol. The van der Waals surface area contributed by atoms with Gasteiger partial charge in [-0.05, 0) is 24.1 Å². The van der Waals surface area contributed by atoms with Crippen molar-refractivity contribution >= 4 is 33.9 Å². The van der Waals surface area contributed by atoms with Gasteiger partial charge in [0.05, 0.1) is 13.2 Å². The molecule has 3 N–H and O–H groups in total. The van der Waals surface area contributed by atoms with E-state index in [0.717, 1.165) is 54.4 Å². The van der Waals surface area contributed by atoms with Crippen LogP contribution in [0.2, 0.25) is 0 Å². The van der Waals surface area contributed by atoms with Gasteiger partial charge in [0.2, 0.25) is 5.13 Å². The normalized spacial score (nSPS) is 16.7. The third-order valence-electron chi connectivity index (χ3n) is 4.14. The molecule has 1 aliphatic heterocycles. The van der Waals surface area contributed by atoms with Crippen molar-refractivity contribution in [3.8, 4) is 0 Å². The van der Waals surface area contributed by atoms with E-state index in [9.17, 15) is 5.11 Å². The van der Waals surface area contributed by atoms with Crippen LogP contribution >= 0.6 is 23.1 Å². The molecule has 8 heteroatoms. The number of aliphatic hydroxyl groups is 1. The van der Waals surface area contributed by atoms with Gasteiger partial charge < -0.3 is 20.1 Å². The Balaban J connectivity index is 1.44. The molecule has 1 aliphatic rings. The van der Waals surface area contributed by atoms with Gasteiger partial charge in [0.25, 0.3) is 0 Å². The van der Waals surface area contributed by atoms with Crippen LogP contribution in [0.25, 0.3) is 0 Å². The molecule has 1 aromatic heterocycles. The summed E-state index contributed by atoms with van der Waals surface area (Å²) < 4.78 is 6.22. The van der Waals surface area contributed by atoms with Crippen LogP contribution in [0.3, 0.4) is 0 Å². The van der Waals surface area contributed by atoms with Gasteiger partial charge in [-0.25, -0.2) is 0 Å². The number of morpholine rings is 1. The van der Waals surface area contributed by atoms with Gasteiger partial charge in [0, 0.05) is 11.4 Å². The van der Waals surface area contributed by atoms with Crippen LogP contribution in [0.15, 0.2) is 28.6 Å². The average molecular weight is 382 g/mol. The fourth-order valence-corrected chi connectivity index (χ4v) is 4.42. The summed E-state index contributed by atoms with van der Waals surface area (Å²) in [6, 6.07) is 8.34. The highest BCUT2D eigenvalue weighted by Gasteiger charge is 2.19. The van der Waals surface area contributed by atoms with E-state index in [2.05, 4.69) is 46.7 Å². The molecule has 0 unspecified atom stereocenters. The molecule has 3 rings (SSSR count). The summed E-state index contributed by atoms with van der Waals surface area (Å²) in [5.74, 6) is 0.643. The number of thioether (sulfide) groups is 1. The number of quaternary nitrogens is 1. The quantitative estimate of drug-likeness (QED) is 0.597. The van der Waals surface area contributed by atoms with Gasteiger partial charge in [-0.2, -0.15) is 0 Å². The lowest BCUT2D eigenvalue weighted by Gasteiger charge is -2.25. The lowest BCUT2D eigenvalue weighted by atomic mass is 10.1. The molecule has 1 atom stereocenters. The molecule has 2 heterocycles. The first-order chi connectivity index (χ1) is 12.2. The first kappa shape index (κ1) is 18.6. The number of aliphatic hydroxyl groups excluding tert-OH is 1. The molecule has 1 aromatic carbocycles. The number of hydrogen-bond acceptors (Lipinski definition) is 7. The monoisotopic (exact) mass is 381 g/mol. The second kappa shape index (κ2) is 9.49. The van der Waals surface area contributed by atoms with Gasteiger partial charge in [0.15, 0.2) is 4.34 Å². The molecule has 0 radical (unpaired) electrons. The van der Waals surface area contributed by atoms with E-state index in [0.29, 0.717) is 5.75 Å². The molecule has 6 nitrogen and oxygen atoms in total. The summed E-state index contributed by atoms with van der Waals surface area (Å²) in [6.45, 7) is 6.45. The Bertz CT molecular complexity index is 644. The highest BCUT2D eigenvalue weighted by molar-refractivity contribution is 8.01. The third-order valence-corrected chi connectivity index (χ3v) is 6.26. The molecule has 0 aliphatic carbocycles. The highest BCUT2D eigenvalue weighted by Crippen LogP contribution is 2.28. The van der Waals surface area contributed by atoms with Gasteiger partial charge in [-0.15, -0.1) is 10.2 Å². The van der Waals surface area contributed by atoms with Gasteiger partial charge in [0.1, 0.15) is 25.7 Å². The minimum atomic E-state index is -0.333. The van der Waals surface area contributed by atoms with E-state index in [4.69, 9.17) is 4.74 Å². The van der Waals surface area contributed by atoms with Crippen molar-refractivity contribution < 1.29 is 14.7 Å². The van der Waals surface area contributed by atoms with E-state index in [1.807, 2.05) is 0 Å². The smallest absolute Gasteiger partial charge is 0.210 e. The molecule has 136 valence electrons. The number of hydrogen-bond donors (Lipinski definition) is 3. The SMILES string of the molecule is CCc1ccc(Nc2nnc(SC[C@H](O)C[NH+]3CCOCC3)s2)cc1. The van der Waals surface area contributed by atoms with Crippen LogP contribution in [0, 0.1) is 0 Å². The number of rotatable bonds is 8. The van der Waals surface area contributed by atoms with Crippen molar-refractivity contribution in [3.63, 3.8) is 0 Å². The first-order valence-electron chi connectivity index (χ1n) is 8.64. The van der Waals surface area contributed by atoms with Crippen molar-refractivity contribution in [2.24, 2.45) is 0 Å². The standard InChI is InChI=1S/C17H24N4O2S2/c1-2-13-3-5-14(6-4-13)18-16-19-20-17(25-16)24-12-15(22)11-21-7-9-23-10-8-21/h3-6,15,22H,2,7-12H2,1H3,(H,18,19)/p+1/t15-/m1/s1. The van der Waals surface area contributed by atoms with Crippen molar-refractivity contribution in [2.45, 2.75) is 23.8 Å². The summed E-state index contributed by atoms with van der Waals surface area (Å²) in [5.41, 5.74) is 2.33. The van der Waals surface area contributed by atoms with E-state index < -0.39 is 0 Å². The highest BCUT2D eigenvalue weighted by atomic mass is 32.2. The van der Waals surface area contributed by atoms with Crippen LogP contribution in [0.4, 0.5) is 10.8 Å². The fourth-order valence-electron chi connectivity index (χ4n) is 2.69. The van der Waals surface area contributed by atoms with Crippen molar-refractivity contribution in [1.82, 2.24) is 10.2 Å². The minimum absolute atomic E-state index is 0.333. The maximum atomic E-state index is 10.2. The summed E-state index contributed by atoms with van der Waals surface area (Å²) in [5, 5.41) is 22.6. The number of aryl methyl sites for hydroxylation is 1. The Hall–Kier alpha value is -1.19. The summed E-state index contributed by atoms with van der Waals surface area (Å²) in [7, 11) is 0. The van der Waals surface area contributed by atoms with E-state index >= 15 is 0 Å². The third kappa shape index (κ3) is 5.93. The molecule has 0 amide bonds. The molecule has 0 bridgehead atoms. The largest absolute Gasteiger partial charge is 0.386 e. The molecule has 0 saturated carbocycles. The number of aromatic nitrogens is 2. The maximum absolute atomic E-state index is 10.2. The Labute approximate surface area is 156 Å². The zero-order valence-electron chi connectivity index (χ0n) is 14.4. The second-order valence-corrected chi connectivity index (χ2v) is 8.32. The van der Waals surface area contributed by atoms with Gasteiger partial charge in [-0.1, -0.05) is 42.2 Å².